The van der Waals surface area contributed by atoms with Crippen molar-refractivity contribution in [3.05, 3.63) is 0 Å². The third-order valence-corrected chi connectivity index (χ3v) is 4.25. The lowest BCUT2D eigenvalue weighted by molar-refractivity contribution is -0.320. The van der Waals surface area contributed by atoms with E-state index in [9.17, 15) is 0 Å². The number of fused-ring (bicyclic) bond motifs is 3. The molecule has 4 nitrogen and oxygen atoms in total. The van der Waals surface area contributed by atoms with Gasteiger partial charge in [-0.05, 0) is 40.0 Å². The van der Waals surface area contributed by atoms with Crippen LogP contribution in [0.3, 0.4) is 0 Å². The maximum Gasteiger partial charge on any atom is 0.163 e. The first-order valence-corrected chi connectivity index (χ1v) is 6.95. The van der Waals surface area contributed by atoms with E-state index in [1.165, 1.54) is 0 Å². The van der Waals surface area contributed by atoms with E-state index in [0.717, 1.165) is 13.0 Å². The summed E-state index contributed by atoms with van der Waals surface area (Å²) in [5.41, 5.74) is 0. The first-order chi connectivity index (χ1) is 8.27. The molecule has 0 aromatic rings. The zero-order valence-corrected chi connectivity index (χ0v) is 11.9. The van der Waals surface area contributed by atoms with Crippen LogP contribution in [0.1, 0.15) is 41.0 Å². The molecule has 0 spiro atoms. The van der Waals surface area contributed by atoms with Crippen molar-refractivity contribution in [2.24, 2.45) is 11.8 Å². The standard InChI is InChI=1S/C14H24O4/c1-8-6-9-7-15-13(2,3)17-11(9)12-10(8)16-14(4,5)18-12/h8-12H,6-7H2,1-5H3/t8-,9+,10-,11+,12+/m0/s1. The molecule has 0 unspecified atom stereocenters. The van der Waals surface area contributed by atoms with E-state index < -0.39 is 11.6 Å². The minimum Gasteiger partial charge on any atom is -0.350 e. The second-order valence-corrected chi connectivity index (χ2v) is 6.83. The summed E-state index contributed by atoms with van der Waals surface area (Å²) in [5.74, 6) is -0.0923. The van der Waals surface area contributed by atoms with Crippen molar-refractivity contribution in [1.82, 2.24) is 0 Å². The fraction of sp³-hybridized carbons (Fsp3) is 1.00. The molecule has 0 aromatic heterocycles. The van der Waals surface area contributed by atoms with Crippen LogP contribution >= 0.6 is 0 Å². The van der Waals surface area contributed by atoms with Crippen LogP contribution in [-0.4, -0.2) is 36.5 Å². The van der Waals surface area contributed by atoms with Crippen LogP contribution in [0.4, 0.5) is 0 Å². The monoisotopic (exact) mass is 256 g/mol. The smallest absolute Gasteiger partial charge is 0.163 e. The molecule has 0 amide bonds. The van der Waals surface area contributed by atoms with Gasteiger partial charge >= 0.3 is 0 Å². The molecule has 4 heteroatoms. The number of hydrogen-bond donors (Lipinski definition) is 0. The molecule has 1 saturated carbocycles. The van der Waals surface area contributed by atoms with Gasteiger partial charge in [-0.1, -0.05) is 6.92 Å². The van der Waals surface area contributed by atoms with Crippen LogP contribution in [0.5, 0.6) is 0 Å². The highest BCUT2D eigenvalue weighted by Gasteiger charge is 2.56. The minimum atomic E-state index is -0.512. The van der Waals surface area contributed by atoms with Gasteiger partial charge in [0.2, 0.25) is 0 Å². The van der Waals surface area contributed by atoms with Crippen LogP contribution in [-0.2, 0) is 18.9 Å². The van der Waals surface area contributed by atoms with Gasteiger partial charge < -0.3 is 18.9 Å². The molecule has 5 atom stereocenters. The molecule has 104 valence electrons. The van der Waals surface area contributed by atoms with Gasteiger partial charge in [-0.3, -0.25) is 0 Å². The lowest BCUT2D eigenvalue weighted by atomic mass is 9.76. The Balaban J connectivity index is 1.84. The van der Waals surface area contributed by atoms with Gasteiger partial charge in [0.15, 0.2) is 11.6 Å². The van der Waals surface area contributed by atoms with E-state index in [1.807, 2.05) is 27.7 Å². The summed E-state index contributed by atoms with van der Waals surface area (Å²) in [5, 5.41) is 0. The van der Waals surface area contributed by atoms with Crippen molar-refractivity contribution in [2.45, 2.75) is 70.9 Å². The third kappa shape index (κ3) is 2.09. The van der Waals surface area contributed by atoms with Crippen LogP contribution in [0.2, 0.25) is 0 Å². The second kappa shape index (κ2) is 3.92. The predicted molar refractivity (Wildman–Crippen MR) is 66.0 cm³/mol. The van der Waals surface area contributed by atoms with E-state index in [1.54, 1.807) is 0 Å². The van der Waals surface area contributed by atoms with E-state index in [2.05, 4.69) is 6.92 Å². The third-order valence-electron chi connectivity index (χ3n) is 4.25. The zero-order chi connectivity index (χ0) is 13.1. The maximum atomic E-state index is 6.11. The van der Waals surface area contributed by atoms with Gasteiger partial charge in [0.05, 0.1) is 18.8 Å². The summed E-state index contributed by atoms with van der Waals surface area (Å²) in [6.07, 6.45) is 1.37. The summed E-state index contributed by atoms with van der Waals surface area (Å²) in [7, 11) is 0. The lowest BCUT2D eigenvalue weighted by Gasteiger charge is -2.48. The maximum absolute atomic E-state index is 6.11. The van der Waals surface area contributed by atoms with Gasteiger partial charge in [0.25, 0.3) is 0 Å². The molecule has 0 aromatic carbocycles. The van der Waals surface area contributed by atoms with E-state index >= 15 is 0 Å². The molecule has 0 N–H and O–H groups in total. The van der Waals surface area contributed by atoms with Crippen LogP contribution < -0.4 is 0 Å². The largest absolute Gasteiger partial charge is 0.350 e. The number of ether oxygens (including phenoxy) is 4. The van der Waals surface area contributed by atoms with Gasteiger partial charge in [0, 0.05) is 5.92 Å². The van der Waals surface area contributed by atoms with Gasteiger partial charge in [-0.15, -0.1) is 0 Å². The van der Waals surface area contributed by atoms with Crippen molar-refractivity contribution in [3.63, 3.8) is 0 Å². The molecule has 0 radical (unpaired) electrons. The molecule has 3 rings (SSSR count). The highest BCUT2D eigenvalue weighted by molar-refractivity contribution is 4.99. The van der Waals surface area contributed by atoms with E-state index in [-0.39, 0.29) is 18.3 Å². The van der Waals surface area contributed by atoms with Crippen molar-refractivity contribution in [3.8, 4) is 0 Å². The zero-order valence-electron chi connectivity index (χ0n) is 11.9. The second-order valence-electron chi connectivity index (χ2n) is 6.83. The Hall–Kier alpha value is -0.160. The Kier molecular flexibility index (Phi) is 2.80. The fourth-order valence-corrected chi connectivity index (χ4v) is 3.52. The summed E-state index contributed by atoms with van der Waals surface area (Å²) >= 11 is 0. The minimum absolute atomic E-state index is 0.0388. The Labute approximate surface area is 109 Å². The van der Waals surface area contributed by atoms with Gasteiger partial charge in [-0.25, -0.2) is 0 Å². The van der Waals surface area contributed by atoms with Crippen LogP contribution in [0.15, 0.2) is 0 Å². The highest BCUT2D eigenvalue weighted by atomic mass is 16.8. The molecule has 3 aliphatic rings. The van der Waals surface area contributed by atoms with Crippen molar-refractivity contribution >= 4 is 0 Å². The normalized spacial score (nSPS) is 49.5. The topological polar surface area (TPSA) is 36.9 Å². The molecule has 18 heavy (non-hydrogen) atoms. The van der Waals surface area contributed by atoms with Gasteiger partial charge in [0.1, 0.15) is 6.10 Å². The highest BCUT2D eigenvalue weighted by Crippen LogP contribution is 2.46. The SMILES string of the molecule is C[C@H]1C[C@@H]2COC(C)(C)O[C@H]2[C@@H]2OC(C)(C)O[C@H]21. The fourth-order valence-electron chi connectivity index (χ4n) is 3.52. The van der Waals surface area contributed by atoms with Crippen molar-refractivity contribution in [2.75, 3.05) is 6.61 Å². The quantitative estimate of drug-likeness (QED) is 0.666. The number of hydrogen-bond acceptors (Lipinski definition) is 4. The molecule has 0 bridgehead atoms. The summed E-state index contributed by atoms with van der Waals surface area (Å²) in [6.45, 7) is 10.9. The van der Waals surface area contributed by atoms with Crippen molar-refractivity contribution < 1.29 is 18.9 Å². The predicted octanol–water partition coefficient (Wildman–Crippen LogP) is 2.31. The average Bonchev–Trinajstić information content (AvgIpc) is 2.56. The van der Waals surface area contributed by atoms with Crippen LogP contribution in [0.25, 0.3) is 0 Å². The molecular formula is C14H24O4. The van der Waals surface area contributed by atoms with Crippen molar-refractivity contribution in [1.29, 1.82) is 0 Å². The van der Waals surface area contributed by atoms with E-state index in [0.29, 0.717) is 11.8 Å². The number of rotatable bonds is 0. The molecular weight excluding hydrogens is 232 g/mol. The molecule has 3 fully saturated rings. The summed E-state index contributed by atoms with van der Waals surface area (Å²) in [4.78, 5) is 0. The molecule has 2 aliphatic heterocycles. The average molecular weight is 256 g/mol. The Bertz CT molecular complexity index is 339. The molecule has 2 heterocycles. The lowest BCUT2D eigenvalue weighted by Crippen LogP contribution is -2.57. The molecule has 2 saturated heterocycles. The Morgan fingerprint density at radius 3 is 2.17 bits per heavy atom. The summed E-state index contributed by atoms with van der Waals surface area (Å²) in [6, 6.07) is 0. The van der Waals surface area contributed by atoms with Crippen LogP contribution in [0, 0.1) is 11.8 Å². The summed E-state index contributed by atoms with van der Waals surface area (Å²) < 4.78 is 24.0. The first kappa shape index (κ1) is 12.9. The first-order valence-electron chi connectivity index (χ1n) is 6.95. The van der Waals surface area contributed by atoms with Gasteiger partial charge in [-0.2, -0.15) is 0 Å². The Morgan fingerprint density at radius 1 is 0.833 bits per heavy atom. The Morgan fingerprint density at radius 2 is 1.44 bits per heavy atom. The van der Waals surface area contributed by atoms with E-state index in [4.69, 9.17) is 18.9 Å². The molecule has 1 aliphatic carbocycles.